The summed E-state index contributed by atoms with van der Waals surface area (Å²) in [6, 6.07) is 6.47. The van der Waals surface area contributed by atoms with E-state index in [9.17, 15) is 4.79 Å². The Hall–Kier alpha value is -2.54. The van der Waals surface area contributed by atoms with E-state index in [2.05, 4.69) is 34.7 Å². The van der Waals surface area contributed by atoms with Crippen LogP contribution in [0.2, 0.25) is 5.02 Å². The lowest BCUT2D eigenvalue weighted by atomic mass is 10.2. The molecule has 1 aromatic carbocycles. The molecule has 1 heterocycles. The Bertz CT molecular complexity index is 735. The van der Waals surface area contributed by atoms with Crippen LogP contribution in [0.4, 0.5) is 11.5 Å². The molecule has 0 saturated carbocycles. The molecule has 0 fully saturated rings. The number of ether oxygens (including phenoxy) is 2. The number of benzene rings is 1. The fourth-order valence-electron chi connectivity index (χ4n) is 2.00. The standard InChI is InChI=1S/C17H21ClN4O3/c1-10(2)9-19-16-6-5-12(21-22-16)17(23)20-13-8-14(24-3)11(18)7-15(13)25-4/h5-8,10H,9H2,1-4H3,(H,19,22)(H,20,23). The summed E-state index contributed by atoms with van der Waals surface area (Å²) in [5, 5.41) is 14.2. The van der Waals surface area contributed by atoms with Gasteiger partial charge in [-0.2, -0.15) is 0 Å². The molecular formula is C17H21ClN4O3. The summed E-state index contributed by atoms with van der Waals surface area (Å²) < 4.78 is 10.4. The molecule has 0 spiro atoms. The van der Waals surface area contributed by atoms with Gasteiger partial charge in [0.15, 0.2) is 5.69 Å². The van der Waals surface area contributed by atoms with E-state index in [1.165, 1.54) is 14.2 Å². The summed E-state index contributed by atoms with van der Waals surface area (Å²) in [7, 11) is 2.98. The molecule has 0 saturated heterocycles. The van der Waals surface area contributed by atoms with Crippen LogP contribution in [-0.2, 0) is 0 Å². The molecule has 8 heteroatoms. The fraction of sp³-hybridized carbons (Fsp3) is 0.353. The van der Waals surface area contributed by atoms with Crippen molar-refractivity contribution in [2.75, 3.05) is 31.4 Å². The van der Waals surface area contributed by atoms with Crippen molar-refractivity contribution < 1.29 is 14.3 Å². The molecule has 0 unspecified atom stereocenters. The van der Waals surface area contributed by atoms with Gasteiger partial charge in [0.2, 0.25) is 0 Å². The van der Waals surface area contributed by atoms with Crippen molar-refractivity contribution >= 4 is 29.0 Å². The number of halogens is 1. The first-order chi connectivity index (χ1) is 11.9. The van der Waals surface area contributed by atoms with Crippen LogP contribution in [0.1, 0.15) is 24.3 Å². The number of nitrogens with zero attached hydrogens (tertiary/aromatic N) is 2. The third kappa shape index (κ3) is 4.96. The molecular weight excluding hydrogens is 344 g/mol. The van der Waals surface area contributed by atoms with Crippen molar-refractivity contribution in [2.24, 2.45) is 5.92 Å². The molecule has 1 amide bonds. The predicted octanol–water partition coefficient (Wildman–Crippen LogP) is 3.47. The van der Waals surface area contributed by atoms with Crippen LogP contribution in [0.25, 0.3) is 0 Å². The quantitative estimate of drug-likeness (QED) is 0.782. The Morgan fingerprint density at radius 3 is 2.44 bits per heavy atom. The van der Waals surface area contributed by atoms with E-state index in [0.717, 1.165) is 6.54 Å². The van der Waals surface area contributed by atoms with Gasteiger partial charge in [-0.15, -0.1) is 10.2 Å². The first kappa shape index (κ1) is 18.8. The number of methoxy groups -OCH3 is 2. The Labute approximate surface area is 151 Å². The topological polar surface area (TPSA) is 85.4 Å². The van der Waals surface area contributed by atoms with Gasteiger partial charge in [-0.25, -0.2) is 0 Å². The Morgan fingerprint density at radius 2 is 1.88 bits per heavy atom. The molecule has 7 nitrogen and oxygen atoms in total. The first-order valence-electron chi connectivity index (χ1n) is 7.75. The van der Waals surface area contributed by atoms with Crippen LogP contribution in [0, 0.1) is 5.92 Å². The molecule has 0 radical (unpaired) electrons. The van der Waals surface area contributed by atoms with Gasteiger partial charge < -0.3 is 20.1 Å². The maximum absolute atomic E-state index is 12.4. The van der Waals surface area contributed by atoms with Gasteiger partial charge in [0.05, 0.1) is 24.9 Å². The summed E-state index contributed by atoms with van der Waals surface area (Å²) in [5.41, 5.74) is 0.614. The summed E-state index contributed by atoms with van der Waals surface area (Å²) in [4.78, 5) is 12.4. The lowest BCUT2D eigenvalue weighted by molar-refractivity contribution is 0.102. The van der Waals surface area contributed by atoms with Gasteiger partial charge >= 0.3 is 0 Å². The molecule has 0 aliphatic carbocycles. The largest absolute Gasteiger partial charge is 0.495 e. The second kappa shape index (κ2) is 8.53. The Balaban J connectivity index is 2.14. The number of nitrogens with one attached hydrogen (secondary N) is 2. The van der Waals surface area contributed by atoms with Crippen molar-refractivity contribution in [1.82, 2.24) is 10.2 Å². The SMILES string of the molecule is COc1cc(NC(=O)c2ccc(NCC(C)C)nn2)c(OC)cc1Cl. The van der Waals surface area contributed by atoms with Gasteiger partial charge in [0.25, 0.3) is 5.91 Å². The maximum atomic E-state index is 12.4. The third-order valence-electron chi connectivity index (χ3n) is 3.31. The number of amides is 1. The second-order valence-corrected chi connectivity index (χ2v) is 6.13. The predicted molar refractivity (Wildman–Crippen MR) is 97.9 cm³/mol. The molecule has 2 N–H and O–H groups in total. The number of carbonyl (C=O) groups is 1. The number of rotatable bonds is 7. The van der Waals surface area contributed by atoms with E-state index in [1.807, 2.05) is 0 Å². The van der Waals surface area contributed by atoms with Gasteiger partial charge in [-0.3, -0.25) is 4.79 Å². The number of hydrogen-bond donors (Lipinski definition) is 2. The van der Waals surface area contributed by atoms with Crippen LogP contribution in [0.5, 0.6) is 11.5 Å². The van der Waals surface area contributed by atoms with E-state index < -0.39 is 5.91 Å². The first-order valence-corrected chi connectivity index (χ1v) is 8.12. The highest BCUT2D eigenvalue weighted by molar-refractivity contribution is 6.32. The zero-order valence-electron chi connectivity index (χ0n) is 14.6. The molecule has 0 aliphatic heterocycles. The molecule has 0 aliphatic rings. The van der Waals surface area contributed by atoms with E-state index in [4.69, 9.17) is 21.1 Å². The zero-order chi connectivity index (χ0) is 18.4. The van der Waals surface area contributed by atoms with Crippen LogP contribution in [-0.4, -0.2) is 36.9 Å². The van der Waals surface area contributed by atoms with E-state index >= 15 is 0 Å². The molecule has 2 aromatic rings. The summed E-state index contributed by atoms with van der Waals surface area (Å²) in [6.07, 6.45) is 0. The molecule has 2 rings (SSSR count). The maximum Gasteiger partial charge on any atom is 0.276 e. The van der Waals surface area contributed by atoms with Gasteiger partial charge in [-0.1, -0.05) is 25.4 Å². The average molecular weight is 365 g/mol. The molecule has 1 aromatic heterocycles. The summed E-state index contributed by atoms with van der Waals surface area (Å²) in [6.45, 7) is 4.97. The number of aromatic nitrogens is 2. The van der Waals surface area contributed by atoms with E-state index in [-0.39, 0.29) is 5.69 Å². The van der Waals surface area contributed by atoms with Crippen LogP contribution >= 0.6 is 11.6 Å². The van der Waals surface area contributed by atoms with E-state index in [0.29, 0.717) is 33.9 Å². The van der Waals surface area contributed by atoms with Crippen molar-refractivity contribution in [1.29, 1.82) is 0 Å². The zero-order valence-corrected chi connectivity index (χ0v) is 15.3. The average Bonchev–Trinajstić information content (AvgIpc) is 2.61. The highest BCUT2D eigenvalue weighted by Gasteiger charge is 2.15. The van der Waals surface area contributed by atoms with Crippen LogP contribution in [0.15, 0.2) is 24.3 Å². The molecule has 0 atom stereocenters. The van der Waals surface area contributed by atoms with Crippen LogP contribution in [0.3, 0.4) is 0 Å². The minimum absolute atomic E-state index is 0.186. The van der Waals surface area contributed by atoms with Crippen molar-refractivity contribution in [2.45, 2.75) is 13.8 Å². The van der Waals surface area contributed by atoms with Crippen molar-refractivity contribution in [3.05, 3.63) is 35.0 Å². The Kier molecular flexibility index (Phi) is 6.41. The normalized spacial score (nSPS) is 10.5. The van der Waals surface area contributed by atoms with E-state index in [1.54, 1.807) is 24.3 Å². The van der Waals surface area contributed by atoms with Gasteiger partial charge in [0, 0.05) is 18.7 Å². The van der Waals surface area contributed by atoms with Gasteiger partial charge in [-0.05, 0) is 18.1 Å². The fourth-order valence-corrected chi connectivity index (χ4v) is 2.23. The van der Waals surface area contributed by atoms with Crippen molar-refractivity contribution in [3.63, 3.8) is 0 Å². The number of anilines is 2. The highest BCUT2D eigenvalue weighted by atomic mass is 35.5. The minimum atomic E-state index is -0.411. The lowest BCUT2D eigenvalue weighted by Crippen LogP contribution is -2.16. The van der Waals surface area contributed by atoms with Crippen LogP contribution < -0.4 is 20.1 Å². The monoisotopic (exact) mass is 364 g/mol. The number of carbonyl (C=O) groups excluding carboxylic acids is 1. The third-order valence-corrected chi connectivity index (χ3v) is 3.61. The van der Waals surface area contributed by atoms with Gasteiger partial charge in [0.1, 0.15) is 17.3 Å². The smallest absolute Gasteiger partial charge is 0.276 e. The highest BCUT2D eigenvalue weighted by Crippen LogP contribution is 2.36. The molecule has 134 valence electrons. The molecule has 0 bridgehead atoms. The second-order valence-electron chi connectivity index (χ2n) is 5.72. The molecule has 25 heavy (non-hydrogen) atoms. The Morgan fingerprint density at radius 1 is 1.16 bits per heavy atom. The summed E-state index contributed by atoms with van der Waals surface area (Å²) in [5.74, 6) is 1.54. The number of hydrogen-bond acceptors (Lipinski definition) is 6. The van der Waals surface area contributed by atoms with Crippen molar-refractivity contribution in [3.8, 4) is 11.5 Å². The minimum Gasteiger partial charge on any atom is -0.495 e. The summed E-state index contributed by atoms with van der Waals surface area (Å²) >= 11 is 6.06. The lowest BCUT2D eigenvalue weighted by Gasteiger charge is -2.13.